The molecule has 3 aliphatic carbocycles. The third-order valence-electron chi connectivity index (χ3n) is 5.90. The first-order valence-electron chi connectivity index (χ1n) is 8.13. The zero-order chi connectivity index (χ0) is 15.7. The molecule has 0 saturated heterocycles. The van der Waals surface area contributed by atoms with Crippen LogP contribution in [0, 0.1) is 23.2 Å². The number of benzene rings is 1. The van der Waals surface area contributed by atoms with Crippen LogP contribution in [0.25, 0.3) is 0 Å². The van der Waals surface area contributed by atoms with Crippen molar-refractivity contribution >= 4 is 5.90 Å². The summed E-state index contributed by atoms with van der Waals surface area (Å²) in [4.78, 5) is 9.36. The van der Waals surface area contributed by atoms with Crippen LogP contribution in [0.5, 0.6) is 0 Å². The predicted octanol–water partition coefficient (Wildman–Crippen LogP) is 3.36. The lowest BCUT2D eigenvalue weighted by atomic mass is 9.45. The van der Waals surface area contributed by atoms with Crippen LogP contribution in [-0.2, 0) is 4.89 Å². The van der Waals surface area contributed by atoms with E-state index in [9.17, 15) is 10.4 Å². The highest BCUT2D eigenvalue weighted by Crippen LogP contribution is 2.62. The van der Waals surface area contributed by atoms with E-state index >= 15 is 0 Å². The van der Waals surface area contributed by atoms with Crippen LogP contribution in [0.3, 0.4) is 0 Å². The maximum Gasteiger partial charge on any atom is 0.258 e. The summed E-state index contributed by atoms with van der Waals surface area (Å²) in [6.07, 6.45) is 3.06. The Morgan fingerprint density at radius 1 is 1.27 bits per heavy atom. The second-order valence-electron chi connectivity index (χ2n) is 7.25. The molecular formula is C18H25NO3. The Morgan fingerprint density at radius 3 is 2.59 bits per heavy atom. The van der Waals surface area contributed by atoms with Crippen LogP contribution in [-0.4, -0.2) is 28.9 Å². The van der Waals surface area contributed by atoms with Gasteiger partial charge in [-0.15, -0.1) is 0 Å². The molecule has 3 aliphatic rings. The molecule has 0 aliphatic heterocycles. The average molecular weight is 303 g/mol. The van der Waals surface area contributed by atoms with E-state index in [1.54, 1.807) is 0 Å². The molecular weight excluding hydrogens is 278 g/mol. The Morgan fingerprint density at radius 2 is 2.00 bits per heavy atom. The van der Waals surface area contributed by atoms with Crippen LogP contribution < -0.4 is 0 Å². The standard InChI is InChI=1S/C18H25NO3/c1-18(2)14-10-13(8-9-20)16(15(18)11-14)19-17(22-21)12-6-4-3-5-7-12/h3-7,13-16,20-21H,8-11H2,1-2H3/t13-,14+,15+,16+/m0/s1. The molecule has 4 heteroatoms. The van der Waals surface area contributed by atoms with Gasteiger partial charge >= 0.3 is 0 Å². The summed E-state index contributed by atoms with van der Waals surface area (Å²) < 4.78 is 0. The lowest BCUT2D eigenvalue weighted by Gasteiger charge is -2.61. The van der Waals surface area contributed by atoms with Gasteiger partial charge in [-0.1, -0.05) is 32.0 Å². The molecule has 0 spiro atoms. The summed E-state index contributed by atoms with van der Waals surface area (Å²) in [6, 6.07) is 9.60. The molecule has 0 heterocycles. The second kappa shape index (κ2) is 6.01. The summed E-state index contributed by atoms with van der Waals surface area (Å²) in [5.41, 5.74) is 1.07. The highest BCUT2D eigenvalue weighted by Gasteiger charge is 2.57. The van der Waals surface area contributed by atoms with Gasteiger partial charge in [0.2, 0.25) is 0 Å². The van der Waals surface area contributed by atoms with E-state index in [1.807, 2.05) is 30.3 Å². The third kappa shape index (κ3) is 2.55. The Kier molecular flexibility index (Phi) is 4.24. The van der Waals surface area contributed by atoms with E-state index in [2.05, 4.69) is 18.7 Å². The van der Waals surface area contributed by atoms with Crippen molar-refractivity contribution in [1.29, 1.82) is 0 Å². The van der Waals surface area contributed by atoms with Gasteiger partial charge in [0.15, 0.2) is 0 Å². The summed E-state index contributed by atoms with van der Waals surface area (Å²) in [5, 5.41) is 18.6. The third-order valence-corrected chi connectivity index (χ3v) is 5.90. The number of rotatable bonds is 4. The lowest BCUT2D eigenvalue weighted by molar-refractivity contribution is -0.156. The Bertz CT molecular complexity index is 541. The van der Waals surface area contributed by atoms with E-state index in [-0.39, 0.29) is 24.0 Å². The molecule has 4 nitrogen and oxygen atoms in total. The quantitative estimate of drug-likeness (QED) is 0.388. The number of hydrogen-bond donors (Lipinski definition) is 2. The molecule has 2 N–H and O–H groups in total. The van der Waals surface area contributed by atoms with Crippen molar-refractivity contribution in [1.82, 2.24) is 0 Å². The molecule has 2 bridgehead atoms. The van der Waals surface area contributed by atoms with Crippen LogP contribution in [0.2, 0.25) is 0 Å². The first-order valence-corrected chi connectivity index (χ1v) is 8.13. The van der Waals surface area contributed by atoms with Crippen molar-refractivity contribution in [3.63, 3.8) is 0 Å². The Hall–Kier alpha value is -1.39. The highest BCUT2D eigenvalue weighted by molar-refractivity contribution is 5.93. The van der Waals surface area contributed by atoms with Gasteiger partial charge in [-0.05, 0) is 54.6 Å². The fourth-order valence-corrected chi connectivity index (χ4v) is 4.39. The molecule has 0 amide bonds. The topological polar surface area (TPSA) is 62.1 Å². The number of aliphatic hydroxyl groups excluding tert-OH is 1. The Labute approximate surface area is 131 Å². The van der Waals surface area contributed by atoms with Crippen molar-refractivity contribution in [3.8, 4) is 0 Å². The van der Waals surface area contributed by atoms with E-state index in [0.717, 1.165) is 24.3 Å². The SMILES string of the molecule is CC1(C)[C@@H]2C[C@H](CCO)[C@@H](N=C(OO)c3ccccc3)[C@H]1C2. The van der Waals surface area contributed by atoms with Crippen molar-refractivity contribution in [2.24, 2.45) is 28.2 Å². The smallest absolute Gasteiger partial charge is 0.258 e. The molecule has 3 saturated carbocycles. The molecule has 22 heavy (non-hydrogen) atoms. The Balaban J connectivity index is 1.90. The molecule has 4 rings (SSSR count). The molecule has 120 valence electrons. The highest BCUT2D eigenvalue weighted by atomic mass is 17.1. The van der Waals surface area contributed by atoms with Gasteiger partial charge in [-0.3, -0.25) is 0 Å². The molecule has 3 fully saturated rings. The zero-order valence-electron chi connectivity index (χ0n) is 13.3. The van der Waals surface area contributed by atoms with Crippen molar-refractivity contribution < 1.29 is 15.3 Å². The number of fused-ring (bicyclic) bond motifs is 2. The number of hydrogen-bond acceptors (Lipinski definition) is 4. The van der Waals surface area contributed by atoms with Gasteiger partial charge in [0.25, 0.3) is 5.90 Å². The van der Waals surface area contributed by atoms with Crippen LogP contribution >= 0.6 is 0 Å². The molecule has 1 aromatic carbocycles. The summed E-state index contributed by atoms with van der Waals surface area (Å²) >= 11 is 0. The molecule has 1 aromatic rings. The van der Waals surface area contributed by atoms with Gasteiger partial charge in [0.05, 0.1) is 6.04 Å². The van der Waals surface area contributed by atoms with Gasteiger partial charge in [0, 0.05) is 12.2 Å². The van der Waals surface area contributed by atoms with Crippen LogP contribution in [0.15, 0.2) is 35.3 Å². The van der Waals surface area contributed by atoms with Crippen LogP contribution in [0.1, 0.15) is 38.7 Å². The number of aliphatic hydroxyl groups is 1. The molecule has 4 atom stereocenters. The molecule has 0 unspecified atom stereocenters. The summed E-state index contributed by atoms with van der Waals surface area (Å²) in [5.74, 6) is 1.89. The fourth-order valence-electron chi connectivity index (χ4n) is 4.39. The predicted molar refractivity (Wildman–Crippen MR) is 85.7 cm³/mol. The maximum atomic E-state index is 9.35. The van der Waals surface area contributed by atoms with Gasteiger partial charge in [-0.25, -0.2) is 10.2 Å². The van der Waals surface area contributed by atoms with Crippen molar-refractivity contribution in [2.75, 3.05) is 6.61 Å². The zero-order valence-corrected chi connectivity index (χ0v) is 13.3. The fraction of sp³-hybridized carbons (Fsp3) is 0.611. The first-order chi connectivity index (χ1) is 10.6. The maximum absolute atomic E-state index is 9.35. The molecule has 0 aromatic heterocycles. The largest absolute Gasteiger partial charge is 0.396 e. The second-order valence-corrected chi connectivity index (χ2v) is 7.25. The van der Waals surface area contributed by atoms with Gasteiger partial charge in [-0.2, -0.15) is 0 Å². The van der Waals surface area contributed by atoms with E-state index < -0.39 is 0 Å². The van der Waals surface area contributed by atoms with Crippen molar-refractivity contribution in [3.05, 3.63) is 35.9 Å². The van der Waals surface area contributed by atoms with E-state index in [4.69, 9.17) is 4.99 Å². The molecule has 0 radical (unpaired) electrons. The van der Waals surface area contributed by atoms with E-state index in [0.29, 0.717) is 11.8 Å². The monoisotopic (exact) mass is 303 g/mol. The average Bonchev–Trinajstić information content (AvgIpc) is 2.54. The summed E-state index contributed by atoms with van der Waals surface area (Å²) in [6.45, 7) is 4.81. The minimum absolute atomic E-state index is 0.106. The van der Waals surface area contributed by atoms with Crippen molar-refractivity contribution in [2.45, 2.75) is 39.2 Å². The first kappa shape index (κ1) is 15.5. The number of aliphatic imine (C=N–C) groups is 1. The normalized spacial score (nSPS) is 33.2. The van der Waals surface area contributed by atoms with E-state index in [1.165, 1.54) is 6.42 Å². The lowest BCUT2D eigenvalue weighted by Crippen LogP contribution is -2.58. The van der Waals surface area contributed by atoms with Crippen LogP contribution in [0.4, 0.5) is 0 Å². The summed E-state index contributed by atoms with van der Waals surface area (Å²) in [7, 11) is 0. The number of nitrogens with zero attached hydrogens (tertiary/aromatic N) is 1. The van der Waals surface area contributed by atoms with Gasteiger partial charge in [0.1, 0.15) is 0 Å². The van der Waals surface area contributed by atoms with Gasteiger partial charge < -0.3 is 9.99 Å². The minimum Gasteiger partial charge on any atom is -0.396 e. The minimum atomic E-state index is 0.106.